The quantitative estimate of drug-likeness (QED) is 0.725. The molecule has 0 aliphatic rings. The lowest BCUT2D eigenvalue weighted by Gasteiger charge is -2.07. The Morgan fingerprint density at radius 1 is 1.20 bits per heavy atom. The first-order chi connectivity index (χ1) is 9.63. The summed E-state index contributed by atoms with van der Waals surface area (Å²) in [6, 6.07) is 11.4. The summed E-state index contributed by atoms with van der Waals surface area (Å²) < 4.78 is 14.7. The monoisotopic (exact) mass is 269 g/mol. The van der Waals surface area contributed by atoms with Gasteiger partial charge in [-0.15, -0.1) is 0 Å². The van der Waals surface area contributed by atoms with E-state index >= 15 is 0 Å². The van der Waals surface area contributed by atoms with E-state index in [-0.39, 0.29) is 12.1 Å². The molecule has 0 atom stereocenters. The molecule has 3 aromatic rings. The maximum absolute atomic E-state index is 13.3. The lowest BCUT2D eigenvalue weighted by atomic mass is 10.2. The molecule has 4 nitrogen and oxygen atoms in total. The Labute approximate surface area is 114 Å². The topological polar surface area (TPSA) is 60.9 Å². The Balaban J connectivity index is 2.07. The fraction of sp³-hybridized carbons (Fsp3) is 0.0667. The molecule has 2 N–H and O–H groups in total. The van der Waals surface area contributed by atoms with E-state index in [1.807, 2.05) is 6.07 Å². The highest BCUT2D eigenvalue weighted by Gasteiger charge is 2.05. The molecule has 0 fully saturated rings. The minimum absolute atomic E-state index is 0.154. The maximum Gasteiger partial charge on any atom is 0.261 e. The average Bonchev–Trinajstić information content (AvgIpc) is 2.41. The van der Waals surface area contributed by atoms with Gasteiger partial charge in [0.25, 0.3) is 5.56 Å². The molecule has 1 heterocycles. The zero-order valence-electron chi connectivity index (χ0n) is 10.6. The Morgan fingerprint density at radius 2 is 2.00 bits per heavy atom. The van der Waals surface area contributed by atoms with Gasteiger partial charge in [-0.25, -0.2) is 9.37 Å². The first-order valence-electron chi connectivity index (χ1n) is 6.12. The number of anilines is 1. The Kier molecular flexibility index (Phi) is 2.95. The lowest BCUT2D eigenvalue weighted by Crippen LogP contribution is -2.21. The van der Waals surface area contributed by atoms with Crippen LogP contribution in [0.2, 0.25) is 0 Å². The molecule has 0 radical (unpaired) electrons. The predicted molar refractivity (Wildman–Crippen MR) is 75.9 cm³/mol. The van der Waals surface area contributed by atoms with Crippen molar-refractivity contribution in [3.63, 3.8) is 0 Å². The van der Waals surface area contributed by atoms with Crippen molar-refractivity contribution < 1.29 is 4.39 Å². The molecule has 1 aromatic heterocycles. The highest BCUT2D eigenvalue weighted by Crippen LogP contribution is 2.12. The highest BCUT2D eigenvalue weighted by atomic mass is 19.1. The number of para-hydroxylation sites is 1. The van der Waals surface area contributed by atoms with E-state index in [0.717, 1.165) is 0 Å². The number of rotatable bonds is 2. The van der Waals surface area contributed by atoms with Gasteiger partial charge in [0.1, 0.15) is 5.82 Å². The number of fused-ring (bicyclic) bond motifs is 1. The first kappa shape index (κ1) is 12.3. The van der Waals surface area contributed by atoms with E-state index in [0.29, 0.717) is 22.2 Å². The van der Waals surface area contributed by atoms with Crippen LogP contribution in [-0.4, -0.2) is 9.55 Å². The number of halogens is 1. The fourth-order valence-electron chi connectivity index (χ4n) is 2.18. The van der Waals surface area contributed by atoms with Crippen molar-refractivity contribution in [2.75, 3.05) is 5.73 Å². The molecule has 2 aromatic carbocycles. The van der Waals surface area contributed by atoms with E-state index < -0.39 is 5.82 Å². The normalized spacial score (nSPS) is 10.8. The van der Waals surface area contributed by atoms with Crippen molar-refractivity contribution in [3.05, 3.63) is 70.5 Å². The summed E-state index contributed by atoms with van der Waals surface area (Å²) in [5.41, 5.74) is 7.05. The number of hydrogen-bond donors (Lipinski definition) is 1. The summed E-state index contributed by atoms with van der Waals surface area (Å²) in [6.07, 6.45) is 1.46. The average molecular weight is 269 g/mol. The minimum atomic E-state index is -0.415. The van der Waals surface area contributed by atoms with Gasteiger partial charge in [0.2, 0.25) is 0 Å². The van der Waals surface area contributed by atoms with Crippen molar-refractivity contribution in [1.82, 2.24) is 9.55 Å². The SMILES string of the molecule is Nc1cc(F)cc(Cn2cnc3ccccc3c2=O)c1. The zero-order valence-corrected chi connectivity index (χ0v) is 10.6. The van der Waals surface area contributed by atoms with Crippen LogP contribution in [-0.2, 0) is 6.54 Å². The van der Waals surface area contributed by atoms with Gasteiger partial charge >= 0.3 is 0 Å². The van der Waals surface area contributed by atoms with Gasteiger partial charge in [0.15, 0.2) is 0 Å². The van der Waals surface area contributed by atoms with Gasteiger partial charge in [0, 0.05) is 5.69 Å². The standard InChI is InChI=1S/C15H12FN3O/c16-11-5-10(6-12(17)7-11)8-19-9-18-14-4-2-1-3-13(14)15(19)20/h1-7,9H,8,17H2. The number of benzene rings is 2. The Hall–Kier alpha value is -2.69. The largest absolute Gasteiger partial charge is 0.399 e. The third-order valence-electron chi connectivity index (χ3n) is 3.06. The maximum atomic E-state index is 13.3. The molecule has 100 valence electrons. The molecule has 0 saturated heterocycles. The third-order valence-corrected chi connectivity index (χ3v) is 3.06. The van der Waals surface area contributed by atoms with E-state index in [4.69, 9.17) is 5.73 Å². The lowest BCUT2D eigenvalue weighted by molar-refractivity contribution is 0.623. The molecule has 0 aliphatic heterocycles. The van der Waals surface area contributed by atoms with Crippen molar-refractivity contribution >= 4 is 16.6 Å². The molecular weight excluding hydrogens is 257 g/mol. The number of nitrogens with zero attached hydrogens (tertiary/aromatic N) is 2. The summed E-state index contributed by atoms with van der Waals surface area (Å²) in [5, 5.41) is 0.541. The van der Waals surface area contributed by atoms with Crippen LogP contribution in [0.15, 0.2) is 53.6 Å². The van der Waals surface area contributed by atoms with Crippen molar-refractivity contribution in [2.45, 2.75) is 6.54 Å². The van der Waals surface area contributed by atoms with Crippen LogP contribution in [0.1, 0.15) is 5.56 Å². The van der Waals surface area contributed by atoms with Crippen molar-refractivity contribution in [1.29, 1.82) is 0 Å². The summed E-state index contributed by atoms with van der Waals surface area (Å²) in [7, 11) is 0. The second kappa shape index (κ2) is 4.77. The molecule has 0 spiro atoms. The van der Waals surface area contributed by atoms with Gasteiger partial charge in [-0.1, -0.05) is 12.1 Å². The van der Waals surface area contributed by atoms with E-state index in [9.17, 15) is 9.18 Å². The predicted octanol–water partition coefficient (Wildman–Crippen LogP) is 2.17. The smallest absolute Gasteiger partial charge is 0.261 e. The van der Waals surface area contributed by atoms with Gasteiger partial charge < -0.3 is 5.73 Å². The van der Waals surface area contributed by atoms with E-state index in [1.165, 1.54) is 23.0 Å². The summed E-state index contributed by atoms with van der Waals surface area (Å²) in [6.45, 7) is 0.235. The van der Waals surface area contributed by atoms with Gasteiger partial charge in [0.05, 0.1) is 23.8 Å². The van der Waals surface area contributed by atoms with Crippen LogP contribution in [0.3, 0.4) is 0 Å². The van der Waals surface area contributed by atoms with E-state index in [1.54, 1.807) is 24.3 Å². The molecule has 5 heteroatoms. The number of aromatic nitrogens is 2. The second-order valence-electron chi connectivity index (χ2n) is 4.59. The number of nitrogen functional groups attached to an aromatic ring is 1. The number of nitrogens with two attached hydrogens (primary N) is 1. The summed E-state index contributed by atoms with van der Waals surface area (Å²) in [5.74, 6) is -0.415. The van der Waals surface area contributed by atoms with Crippen LogP contribution in [0.25, 0.3) is 10.9 Å². The molecule has 0 aliphatic carbocycles. The first-order valence-corrected chi connectivity index (χ1v) is 6.12. The van der Waals surface area contributed by atoms with Crippen molar-refractivity contribution in [2.24, 2.45) is 0 Å². The molecule has 0 bridgehead atoms. The highest BCUT2D eigenvalue weighted by molar-refractivity contribution is 5.76. The molecular formula is C15H12FN3O. The van der Waals surface area contributed by atoms with Gasteiger partial charge in [-0.05, 0) is 35.9 Å². The van der Waals surface area contributed by atoms with Crippen LogP contribution < -0.4 is 11.3 Å². The van der Waals surface area contributed by atoms with Crippen LogP contribution in [0, 0.1) is 5.82 Å². The molecule has 0 unspecified atom stereocenters. The summed E-state index contributed by atoms with van der Waals surface area (Å²) >= 11 is 0. The Bertz CT molecular complexity index is 822. The molecule has 20 heavy (non-hydrogen) atoms. The zero-order chi connectivity index (χ0) is 14.1. The second-order valence-corrected chi connectivity index (χ2v) is 4.59. The van der Waals surface area contributed by atoms with Crippen LogP contribution in [0.5, 0.6) is 0 Å². The number of hydrogen-bond acceptors (Lipinski definition) is 3. The van der Waals surface area contributed by atoms with Gasteiger partial charge in [-0.3, -0.25) is 9.36 Å². The molecule has 3 rings (SSSR count). The molecule has 0 amide bonds. The summed E-state index contributed by atoms with van der Waals surface area (Å²) in [4.78, 5) is 16.5. The fourth-order valence-corrected chi connectivity index (χ4v) is 2.18. The van der Waals surface area contributed by atoms with Gasteiger partial charge in [-0.2, -0.15) is 0 Å². The van der Waals surface area contributed by atoms with Crippen molar-refractivity contribution in [3.8, 4) is 0 Å². The van der Waals surface area contributed by atoms with E-state index in [2.05, 4.69) is 4.98 Å². The van der Waals surface area contributed by atoms with Crippen LogP contribution >= 0.6 is 0 Å². The molecule has 0 saturated carbocycles. The van der Waals surface area contributed by atoms with Crippen LogP contribution in [0.4, 0.5) is 10.1 Å². The Morgan fingerprint density at radius 3 is 2.80 bits per heavy atom. The minimum Gasteiger partial charge on any atom is -0.399 e. The third kappa shape index (κ3) is 2.25.